The highest BCUT2D eigenvalue weighted by Crippen LogP contribution is 2.26. The number of quaternary nitrogens is 2. The molecule has 0 amide bonds. The predicted molar refractivity (Wildman–Crippen MR) is 259 cm³/mol. The second-order valence-electron chi connectivity index (χ2n) is 16.5. The third-order valence-electron chi connectivity index (χ3n) is 11.9. The van der Waals surface area contributed by atoms with E-state index in [1.807, 2.05) is 0 Å². The quantitative estimate of drug-likeness (QED) is 0.0614. The summed E-state index contributed by atoms with van der Waals surface area (Å²) in [4.78, 5) is 12.2. The van der Waals surface area contributed by atoms with Crippen molar-refractivity contribution in [3.63, 3.8) is 0 Å². The van der Waals surface area contributed by atoms with Crippen molar-refractivity contribution < 1.29 is 9.80 Å². The molecule has 1 unspecified atom stereocenters. The molecule has 0 spiro atoms. The molecule has 0 aliphatic heterocycles. The Balaban J connectivity index is 1.53. The highest BCUT2D eigenvalue weighted by Gasteiger charge is 2.24. The molecule has 0 saturated carbocycles. The molecule has 5 aromatic rings. The van der Waals surface area contributed by atoms with Crippen LogP contribution in [0.5, 0.6) is 0 Å². The molecule has 0 saturated heterocycles. The standard InChI is InChI=1S/C53H74N6/c1-9-14-39-54(6)44-19-27-48(28-20-44)58(49-29-21-45(22-30-49)55(7)40-15-10-2)52-35-37-53(38-36-52)59(50-31-23-46(24-32-50)56(8)41-16-11-3)51-33-25-47(26-34-51)57(42-17-12-4)43-18-13-5/h19-38H,9-18,39-43H2,1-8H3/p+2. The molecule has 5 rings (SSSR count). The van der Waals surface area contributed by atoms with Gasteiger partial charge >= 0.3 is 0 Å². The van der Waals surface area contributed by atoms with Crippen LogP contribution in [0.25, 0.3) is 0 Å². The molecule has 0 bridgehead atoms. The first-order chi connectivity index (χ1) is 28.8. The molecule has 6 heteroatoms. The molecule has 0 heterocycles. The number of anilines is 4. The van der Waals surface area contributed by atoms with Crippen LogP contribution >= 0.6 is 0 Å². The average Bonchev–Trinajstić information content (AvgIpc) is 3.28. The monoisotopic (exact) mass is 797 g/mol. The fraction of sp³-hybridized carbons (Fsp3) is 0.434. The van der Waals surface area contributed by atoms with E-state index < -0.39 is 0 Å². The van der Waals surface area contributed by atoms with Gasteiger partial charge in [0.2, 0.25) is 0 Å². The Hall–Kier alpha value is -4.78. The van der Waals surface area contributed by atoms with Gasteiger partial charge < -0.3 is 19.6 Å². The van der Waals surface area contributed by atoms with Gasteiger partial charge in [0.1, 0.15) is 34.1 Å². The molecule has 2 N–H and O–H groups in total. The van der Waals surface area contributed by atoms with Gasteiger partial charge in [-0.05, 0) is 80.6 Å². The summed E-state index contributed by atoms with van der Waals surface area (Å²) in [6, 6.07) is 46.4. The zero-order valence-electron chi connectivity index (χ0n) is 37.9. The number of nitrogens with zero attached hydrogens (tertiary/aromatic N) is 4. The number of nitrogens with one attached hydrogen (secondary N) is 2. The Morgan fingerprint density at radius 3 is 0.729 bits per heavy atom. The summed E-state index contributed by atoms with van der Waals surface area (Å²) in [5.74, 6) is 0. The van der Waals surface area contributed by atoms with Crippen molar-refractivity contribution in [2.45, 2.75) is 98.8 Å². The second-order valence-corrected chi connectivity index (χ2v) is 16.5. The summed E-state index contributed by atoms with van der Waals surface area (Å²) in [5.41, 5.74) is 12.5. The highest BCUT2D eigenvalue weighted by atomic mass is 15.2. The lowest BCUT2D eigenvalue weighted by Crippen LogP contribution is -2.97. The molecule has 0 aliphatic carbocycles. The highest BCUT2D eigenvalue weighted by molar-refractivity contribution is 5.59. The van der Waals surface area contributed by atoms with Crippen molar-refractivity contribution in [2.24, 2.45) is 0 Å². The second kappa shape index (κ2) is 23.7. The molecule has 59 heavy (non-hydrogen) atoms. The largest absolute Gasteiger partial charge is 0.375 e. The van der Waals surface area contributed by atoms with Crippen molar-refractivity contribution in [3.05, 3.63) is 121 Å². The predicted octanol–water partition coefficient (Wildman–Crippen LogP) is 12.2. The Morgan fingerprint density at radius 1 is 0.288 bits per heavy atom. The van der Waals surface area contributed by atoms with Crippen LogP contribution in [0.1, 0.15) is 98.8 Å². The van der Waals surface area contributed by atoms with Crippen LogP contribution in [-0.2, 0) is 0 Å². The fourth-order valence-electron chi connectivity index (χ4n) is 7.93. The lowest BCUT2D eigenvalue weighted by atomic mass is 10.1. The minimum absolute atomic E-state index is 1.07. The van der Waals surface area contributed by atoms with E-state index in [1.54, 1.807) is 0 Å². The first-order valence-electron chi connectivity index (χ1n) is 23.0. The summed E-state index contributed by atoms with van der Waals surface area (Å²) in [6.07, 6.45) is 12.0. The minimum atomic E-state index is 1.07. The lowest BCUT2D eigenvalue weighted by Gasteiger charge is -2.26. The van der Waals surface area contributed by atoms with Gasteiger partial charge in [0.25, 0.3) is 0 Å². The Bertz CT molecular complexity index is 1820. The van der Waals surface area contributed by atoms with Gasteiger partial charge in [-0.3, -0.25) is 0 Å². The molecule has 0 radical (unpaired) electrons. The van der Waals surface area contributed by atoms with E-state index in [9.17, 15) is 0 Å². The van der Waals surface area contributed by atoms with Gasteiger partial charge in [-0.25, -0.2) is 9.80 Å². The number of hydrogen-bond acceptors (Lipinski definition) is 4. The van der Waals surface area contributed by atoms with E-state index in [4.69, 9.17) is 0 Å². The van der Waals surface area contributed by atoms with E-state index in [0.29, 0.717) is 0 Å². The van der Waals surface area contributed by atoms with Crippen molar-refractivity contribution in [1.29, 1.82) is 0 Å². The fourth-order valence-corrected chi connectivity index (χ4v) is 7.93. The van der Waals surface area contributed by atoms with Crippen molar-refractivity contribution in [2.75, 3.05) is 73.5 Å². The van der Waals surface area contributed by atoms with Crippen LogP contribution in [0.15, 0.2) is 121 Å². The van der Waals surface area contributed by atoms with E-state index in [0.717, 1.165) is 32.7 Å². The van der Waals surface area contributed by atoms with Crippen LogP contribution in [0.2, 0.25) is 0 Å². The maximum Gasteiger partial charge on any atom is 0.141 e. The number of benzene rings is 5. The van der Waals surface area contributed by atoms with Gasteiger partial charge in [0, 0.05) is 149 Å². The first kappa shape index (κ1) is 45.3. The summed E-state index contributed by atoms with van der Waals surface area (Å²) < 4.78 is 0. The SMILES string of the molecule is CCCCN(C)c1ccc([NH+](c2ccc(N(C)CCCC)cc2)c2ccc([NH+](c3ccc(N(C)CCCC)cc3)c3ccc(N(CCCC)CCCC)cc3)cc2)cc1. The molecular formula is C53H76N6+2. The van der Waals surface area contributed by atoms with Crippen molar-refractivity contribution >= 4 is 56.9 Å². The van der Waals surface area contributed by atoms with Gasteiger partial charge in [-0.2, -0.15) is 0 Å². The van der Waals surface area contributed by atoms with Crippen LogP contribution < -0.4 is 29.4 Å². The first-order valence-corrected chi connectivity index (χ1v) is 23.0. The Morgan fingerprint density at radius 2 is 0.492 bits per heavy atom. The van der Waals surface area contributed by atoms with Crippen LogP contribution in [0, 0.1) is 0 Å². The summed E-state index contributed by atoms with van der Waals surface area (Å²) in [6.45, 7) is 16.8. The van der Waals surface area contributed by atoms with E-state index in [2.05, 4.69) is 197 Å². The van der Waals surface area contributed by atoms with Gasteiger partial charge in [-0.1, -0.05) is 66.7 Å². The molecule has 1 atom stereocenters. The minimum Gasteiger partial charge on any atom is -0.375 e. The summed E-state index contributed by atoms with van der Waals surface area (Å²) in [7, 11) is 6.62. The summed E-state index contributed by atoms with van der Waals surface area (Å²) >= 11 is 0. The molecule has 5 aromatic carbocycles. The number of rotatable bonds is 25. The maximum atomic E-state index is 2.58. The zero-order valence-corrected chi connectivity index (χ0v) is 37.9. The van der Waals surface area contributed by atoms with Gasteiger partial charge in [0.05, 0.1) is 0 Å². The average molecular weight is 797 g/mol. The Labute approximate surface area is 359 Å². The lowest BCUT2D eigenvalue weighted by molar-refractivity contribution is -0.684. The number of unbranched alkanes of at least 4 members (excludes halogenated alkanes) is 5. The third kappa shape index (κ3) is 12.6. The topological polar surface area (TPSA) is 21.8 Å². The molecular weight excluding hydrogens is 721 g/mol. The Kier molecular flexibility index (Phi) is 18.2. The molecule has 0 aliphatic rings. The van der Waals surface area contributed by atoms with E-state index in [1.165, 1.54) is 131 Å². The molecule has 0 fully saturated rings. The summed E-state index contributed by atoms with van der Waals surface area (Å²) in [5, 5.41) is 0. The zero-order chi connectivity index (χ0) is 42.0. The van der Waals surface area contributed by atoms with Crippen LogP contribution in [0.4, 0.5) is 56.9 Å². The third-order valence-corrected chi connectivity index (χ3v) is 11.9. The normalized spacial score (nSPS) is 11.8. The van der Waals surface area contributed by atoms with Gasteiger partial charge in [-0.15, -0.1) is 0 Å². The molecule has 6 nitrogen and oxygen atoms in total. The van der Waals surface area contributed by atoms with E-state index >= 15 is 0 Å². The van der Waals surface area contributed by atoms with Gasteiger partial charge in [0.15, 0.2) is 0 Å². The molecule has 316 valence electrons. The smallest absolute Gasteiger partial charge is 0.141 e. The van der Waals surface area contributed by atoms with Crippen LogP contribution in [0.3, 0.4) is 0 Å². The van der Waals surface area contributed by atoms with Crippen LogP contribution in [-0.4, -0.2) is 53.9 Å². The van der Waals surface area contributed by atoms with Crippen molar-refractivity contribution in [3.8, 4) is 0 Å². The number of hydrogen-bond donors (Lipinski definition) is 2. The maximum absolute atomic E-state index is 2.58. The van der Waals surface area contributed by atoms with E-state index in [-0.39, 0.29) is 0 Å². The molecule has 0 aromatic heterocycles. The van der Waals surface area contributed by atoms with Crippen molar-refractivity contribution in [1.82, 2.24) is 0 Å².